The van der Waals surface area contributed by atoms with Crippen LogP contribution < -0.4 is 24.8 Å². The minimum Gasteiger partial charge on any atom is -0.496 e. The number of halogens is 1. The van der Waals surface area contributed by atoms with Crippen molar-refractivity contribution in [1.82, 2.24) is 15.2 Å². The molecule has 0 atom stereocenters. The molecule has 38 heavy (non-hydrogen) atoms. The number of amidine groups is 1. The first kappa shape index (κ1) is 26.5. The summed E-state index contributed by atoms with van der Waals surface area (Å²) in [4.78, 5) is 6.40. The second-order valence-electron chi connectivity index (χ2n) is 8.71. The van der Waals surface area contributed by atoms with Gasteiger partial charge >= 0.3 is 0 Å². The van der Waals surface area contributed by atoms with Gasteiger partial charge in [0.1, 0.15) is 23.2 Å². The molecule has 0 fully saturated rings. The van der Waals surface area contributed by atoms with Crippen molar-refractivity contribution in [3.63, 3.8) is 0 Å². The van der Waals surface area contributed by atoms with Crippen LogP contribution in [0.4, 0.5) is 15.8 Å². The third-order valence-corrected chi connectivity index (χ3v) is 5.64. The number of hydrogen-bond acceptors (Lipinski definition) is 7. The summed E-state index contributed by atoms with van der Waals surface area (Å²) in [5.74, 6) is 1.54. The van der Waals surface area contributed by atoms with Gasteiger partial charge in [-0.15, -0.1) is 0 Å². The molecular weight excluding hydrogens is 487 g/mol. The summed E-state index contributed by atoms with van der Waals surface area (Å²) in [5, 5.41) is 15.0. The van der Waals surface area contributed by atoms with Gasteiger partial charge in [-0.05, 0) is 57.2 Å². The first-order valence-corrected chi connectivity index (χ1v) is 12.2. The first-order valence-electron chi connectivity index (χ1n) is 12.2. The number of aromatic nitrogens is 3. The van der Waals surface area contributed by atoms with E-state index in [4.69, 9.17) is 25.4 Å². The average Bonchev–Trinajstić information content (AvgIpc) is 3.37. The van der Waals surface area contributed by atoms with E-state index in [0.29, 0.717) is 41.0 Å². The lowest BCUT2D eigenvalue weighted by Crippen LogP contribution is -2.20. The summed E-state index contributed by atoms with van der Waals surface area (Å²) in [7, 11) is 1.59. The van der Waals surface area contributed by atoms with E-state index in [2.05, 4.69) is 15.2 Å². The van der Waals surface area contributed by atoms with E-state index in [9.17, 15) is 0 Å². The lowest BCUT2D eigenvalue weighted by atomic mass is 10.1. The normalized spacial score (nSPS) is 10.9. The fourth-order valence-corrected chi connectivity index (χ4v) is 3.95. The number of nitrogens with zero attached hydrogens (tertiary/aromatic N) is 3. The molecule has 0 aliphatic heterocycles. The van der Waals surface area contributed by atoms with Crippen molar-refractivity contribution >= 4 is 17.2 Å². The Balaban J connectivity index is 1.80. The molecule has 0 bridgehead atoms. The molecule has 3 aromatic carbocycles. The predicted molar refractivity (Wildman–Crippen MR) is 145 cm³/mol. The first-order chi connectivity index (χ1) is 18.3. The van der Waals surface area contributed by atoms with E-state index < -0.39 is 5.82 Å². The van der Waals surface area contributed by atoms with Crippen molar-refractivity contribution in [3.8, 4) is 28.6 Å². The topological polar surface area (TPSA) is 122 Å². The van der Waals surface area contributed by atoms with Crippen LogP contribution in [0.25, 0.3) is 11.4 Å². The summed E-state index contributed by atoms with van der Waals surface area (Å²) in [5.41, 5.74) is 7.81. The fraction of sp³-hybridized carbons (Fsp3) is 0.250. The summed E-state index contributed by atoms with van der Waals surface area (Å²) in [6, 6.07) is 17.6. The Morgan fingerprint density at radius 1 is 1.11 bits per heavy atom. The number of hydrogen-bond donors (Lipinski definition) is 3. The average molecular weight is 519 g/mol. The largest absolute Gasteiger partial charge is 0.496 e. The van der Waals surface area contributed by atoms with Crippen molar-refractivity contribution in [1.29, 1.82) is 5.41 Å². The zero-order valence-electron chi connectivity index (χ0n) is 21.8. The third-order valence-electron chi connectivity index (χ3n) is 5.64. The minimum atomic E-state index is -0.540. The molecule has 0 saturated heterocycles. The van der Waals surface area contributed by atoms with Gasteiger partial charge in [-0.25, -0.2) is 9.37 Å². The molecule has 1 heterocycles. The SMILES string of the molecule is CCOc1cc(OC(C)C)c(F)c(N(Cc2nc(-c3ccccc3OC)n[nH]2)c2ccc(C(=N)N)cc2)c1. The molecule has 198 valence electrons. The number of ether oxygens (including phenoxy) is 3. The van der Waals surface area contributed by atoms with Gasteiger partial charge in [0.15, 0.2) is 17.4 Å². The molecule has 0 radical (unpaired) electrons. The highest BCUT2D eigenvalue weighted by molar-refractivity contribution is 5.95. The molecule has 4 N–H and O–H groups in total. The van der Waals surface area contributed by atoms with E-state index in [-0.39, 0.29) is 29.9 Å². The van der Waals surface area contributed by atoms with E-state index in [0.717, 1.165) is 5.56 Å². The predicted octanol–water partition coefficient (Wildman–Crippen LogP) is 5.43. The Morgan fingerprint density at radius 2 is 1.84 bits per heavy atom. The van der Waals surface area contributed by atoms with Gasteiger partial charge in [-0.3, -0.25) is 10.5 Å². The molecule has 0 aliphatic carbocycles. The van der Waals surface area contributed by atoms with Crippen molar-refractivity contribution in [2.24, 2.45) is 5.73 Å². The Labute approximate surface area is 220 Å². The molecule has 9 nitrogen and oxygen atoms in total. The molecule has 0 saturated carbocycles. The maximum Gasteiger partial charge on any atom is 0.188 e. The number of H-pyrrole nitrogens is 1. The number of rotatable bonds is 11. The Kier molecular flexibility index (Phi) is 8.10. The van der Waals surface area contributed by atoms with Gasteiger partial charge in [-0.2, -0.15) is 5.10 Å². The van der Waals surface area contributed by atoms with Crippen molar-refractivity contribution in [2.75, 3.05) is 18.6 Å². The summed E-state index contributed by atoms with van der Waals surface area (Å²) in [6.07, 6.45) is -0.241. The van der Waals surface area contributed by atoms with Crippen molar-refractivity contribution < 1.29 is 18.6 Å². The van der Waals surface area contributed by atoms with Crippen LogP contribution in [0.3, 0.4) is 0 Å². The smallest absolute Gasteiger partial charge is 0.188 e. The Hall–Kier alpha value is -4.60. The quantitative estimate of drug-likeness (QED) is 0.179. The van der Waals surface area contributed by atoms with Gasteiger partial charge in [0.25, 0.3) is 0 Å². The molecule has 1 aromatic heterocycles. The fourth-order valence-electron chi connectivity index (χ4n) is 3.95. The zero-order valence-corrected chi connectivity index (χ0v) is 21.8. The molecule has 10 heteroatoms. The number of para-hydroxylation sites is 1. The maximum atomic E-state index is 15.9. The Bertz CT molecular complexity index is 1400. The van der Waals surface area contributed by atoms with Crippen LogP contribution in [0.1, 0.15) is 32.2 Å². The molecule has 0 unspecified atom stereocenters. The highest BCUT2D eigenvalue weighted by atomic mass is 19.1. The van der Waals surface area contributed by atoms with Crippen molar-refractivity contribution in [3.05, 3.63) is 77.9 Å². The second-order valence-corrected chi connectivity index (χ2v) is 8.71. The lowest BCUT2D eigenvalue weighted by molar-refractivity contribution is 0.229. The molecule has 0 aliphatic rings. The molecule has 4 aromatic rings. The van der Waals surface area contributed by atoms with E-state index in [1.165, 1.54) is 0 Å². The van der Waals surface area contributed by atoms with Crippen LogP contribution in [-0.4, -0.2) is 40.8 Å². The van der Waals surface area contributed by atoms with Crippen LogP contribution in [0, 0.1) is 11.2 Å². The summed E-state index contributed by atoms with van der Waals surface area (Å²) < 4.78 is 32.9. The van der Waals surface area contributed by atoms with Crippen LogP contribution in [0.5, 0.6) is 17.2 Å². The highest BCUT2D eigenvalue weighted by Crippen LogP contribution is 2.38. The Morgan fingerprint density at radius 3 is 2.50 bits per heavy atom. The minimum absolute atomic E-state index is 0.0584. The standard InChI is InChI=1S/C28H31FN6O3/c1-5-37-20-14-22(26(29)24(15-20)38-17(2)3)35(19-12-10-18(11-13-19)27(30)31)16-25-32-28(34-33-25)21-8-6-7-9-23(21)36-4/h6-15,17H,5,16H2,1-4H3,(H3,30,31)(H,32,33,34). The number of nitrogens with one attached hydrogen (secondary N) is 2. The van der Waals surface area contributed by atoms with Gasteiger partial charge in [0.05, 0.1) is 37.6 Å². The van der Waals surface area contributed by atoms with Crippen LogP contribution in [-0.2, 0) is 6.54 Å². The van der Waals surface area contributed by atoms with E-state index in [1.54, 1.807) is 48.4 Å². The zero-order chi connectivity index (χ0) is 27.2. The van der Waals surface area contributed by atoms with Gasteiger partial charge in [-0.1, -0.05) is 12.1 Å². The molecule has 0 amide bonds. The number of aromatic amines is 1. The molecule has 4 rings (SSSR count). The number of nitrogens with two attached hydrogens (primary N) is 1. The second kappa shape index (κ2) is 11.6. The number of methoxy groups -OCH3 is 1. The monoisotopic (exact) mass is 518 g/mol. The van der Waals surface area contributed by atoms with E-state index >= 15 is 4.39 Å². The molecular formula is C28H31FN6O3. The number of anilines is 2. The summed E-state index contributed by atoms with van der Waals surface area (Å²) >= 11 is 0. The molecule has 0 spiro atoms. The van der Waals surface area contributed by atoms with Crippen molar-refractivity contribution in [2.45, 2.75) is 33.4 Å². The summed E-state index contributed by atoms with van der Waals surface area (Å²) in [6.45, 7) is 6.08. The van der Waals surface area contributed by atoms with Crippen LogP contribution in [0.2, 0.25) is 0 Å². The maximum absolute atomic E-state index is 15.9. The number of benzene rings is 3. The van der Waals surface area contributed by atoms with E-state index in [1.807, 2.05) is 45.0 Å². The van der Waals surface area contributed by atoms with Gasteiger partial charge in [0.2, 0.25) is 0 Å². The van der Waals surface area contributed by atoms with Gasteiger partial charge in [0, 0.05) is 23.4 Å². The highest BCUT2D eigenvalue weighted by Gasteiger charge is 2.23. The van der Waals surface area contributed by atoms with Crippen LogP contribution in [0.15, 0.2) is 60.7 Å². The van der Waals surface area contributed by atoms with Gasteiger partial charge < -0.3 is 24.8 Å². The van der Waals surface area contributed by atoms with Crippen LogP contribution >= 0.6 is 0 Å². The lowest BCUT2D eigenvalue weighted by Gasteiger charge is -2.26. The number of nitrogen functional groups attached to an aromatic ring is 1. The third kappa shape index (κ3) is 5.86.